The van der Waals surface area contributed by atoms with E-state index < -0.39 is 5.97 Å². The molecule has 1 amide bonds. The number of fused-ring (bicyclic) bond motifs is 1. The molecule has 1 aliphatic carbocycles. The first-order valence-corrected chi connectivity index (χ1v) is 12.0. The molecule has 1 atom stereocenters. The summed E-state index contributed by atoms with van der Waals surface area (Å²) in [6.45, 7) is 2.29. The Morgan fingerprint density at radius 3 is 2.59 bits per heavy atom. The Labute approximate surface area is 192 Å². The van der Waals surface area contributed by atoms with Gasteiger partial charge in [0.2, 0.25) is 0 Å². The number of benzene rings is 1. The minimum absolute atomic E-state index is 0.0855. The number of hydrogen-bond donors (Lipinski definition) is 3. The van der Waals surface area contributed by atoms with Crippen LogP contribution < -0.4 is 10.6 Å². The molecule has 0 spiro atoms. The van der Waals surface area contributed by atoms with Gasteiger partial charge in [0.1, 0.15) is 0 Å². The lowest BCUT2D eigenvalue weighted by Gasteiger charge is -2.31. The Hall–Kier alpha value is -2.93. The van der Waals surface area contributed by atoms with Crippen molar-refractivity contribution >= 4 is 39.1 Å². The number of rotatable bonds is 8. The van der Waals surface area contributed by atoms with Crippen LogP contribution >= 0.6 is 11.3 Å². The molecule has 2 heterocycles. The average molecular weight is 452 g/mol. The van der Waals surface area contributed by atoms with Crippen LogP contribution in [0.5, 0.6) is 0 Å². The monoisotopic (exact) mass is 451 g/mol. The second-order valence-corrected chi connectivity index (χ2v) is 9.52. The summed E-state index contributed by atoms with van der Waals surface area (Å²) < 4.78 is 1.22. The van der Waals surface area contributed by atoms with Gasteiger partial charge in [-0.1, -0.05) is 19.3 Å². The summed E-state index contributed by atoms with van der Waals surface area (Å²) in [5.41, 5.74) is 3.84. The number of thiophene rings is 1. The van der Waals surface area contributed by atoms with Crippen LogP contribution in [0.4, 0.5) is 5.69 Å². The lowest BCUT2D eigenvalue weighted by molar-refractivity contribution is -0.136. The molecule has 32 heavy (non-hydrogen) atoms. The Morgan fingerprint density at radius 2 is 1.91 bits per heavy atom. The van der Waals surface area contributed by atoms with E-state index in [1.807, 2.05) is 35.7 Å². The maximum absolute atomic E-state index is 12.2. The number of carboxylic acid groups (broad SMARTS) is 1. The van der Waals surface area contributed by atoms with Crippen LogP contribution in [0, 0.1) is 12.8 Å². The van der Waals surface area contributed by atoms with Crippen molar-refractivity contribution < 1.29 is 14.7 Å². The lowest BCUT2D eigenvalue weighted by Crippen LogP contribution is -2.26. The molecule has 3 aromatic rings. The van der Waals surface area contributed by atoms with E-state index in [0.717, 1.165) is 11.2 Å². The van der Waals surface area contributed by atoms with E-state index in [1.165, 1.54) is 47.2 Å². The number of aliphatic carboxylic acids is 1. The van der Waals surface area contributed by atoms with Crippen molar-refractivity contribution in [3.05, 3.63) is 58.6 Å². The fourth-order valence-electron chi connectivity index (χ4n) is 4.51. The number of aryl methyl sites for hydroxylation is 1. The van der Waals surface area contributed by atoms with Crippen molar-refractivity contribution in [3.8, 4) is 0 Å². The van der Waals surface area contributed by atoms with Gasteiger partial charge >= 0.3 is 5.97 Å². The lowest BCUT2D eigenvalue weighted by atomic mass is 9.82. The zero-order chi connectivity index (χ0) is 22.5. The highest BCUT2D eigenvalue weighted by atomic mass is 32.1. The van der Waals surface area contributed by atoms with Crippen LogP contribution in [-0.2, 0) is 4.79 Å². The van der Waals surface area contributed by atoms with E-state index in [9.17, 15) is 9.59 Å². The topological polar surface area (TPSA) is 91.3 Å². The number of carbonyl (C=O) groups excluding carboxylic acids is 1. The van der Waals surface area contributed by atoms with E-state index in [-0.39, 0.29) is 24.9 Å². The van der Waals surface area contributed by atoms with Crippen LogP contribution in [-0.4, -0.2) is 28.5 Å². The van der Waals surface area contributed by atoms with Gasteiger partial charge in [0.05, 0.1) is 22.7 Å². The fraction of sp³-hybridized carbons (Fsp3) is 0.400. The van der Waals surface area contributed by atoms with Gasteiger partial charge in [-0.25, -0.2) is 0 Å². The van der Waals surface area contributed by atoms with Crippen molar-refractivity contribution in [2.45, 2.75) is 51.5 Å². The third-order valence-electron chi connectivity index (χ3n) is 6.21. The summed E-state index contributed by atoms with van der Waals surface area (Å²) in [4.78, 5) is 28.8. The third kappa shape index (κ3) is 5.10. The smallest absolute Gasteiger partial charge is 0.305 e. The first kappa shape index (κ1) is 22.3. The van der Waals surface area contributed by atoms with Crippen molar-refractivity contribution in [1.82, 2.24) is 10.3 Å². The van der Waals surface area contributed by atoms with Crippen LogP contribution in [0.1, 0.15) is 65.4 Å². The number of pyridine rings is 1. The summed E-state index contributed by atoms with van der Waals surface area (Å²) in [7, 11) is 0. The quantitative estimate of drug-likeness (QED) is 0.418. The van der Waals surface area contributed by atoms with Crippen LogP contribution in [0.3, 0.4) is 0 Å². The number of aromatic nitrogens is 1. The standard InChI is InChI=1S/C25H29N3O3S/c1-16-22-20(8-5-14-26-22)32-24(16)23(17-6-3-2-4-7-17)28-19-11-9-18(10-12-19)25(31)27-15-13-21(29)30/h5,8-12,14,17,23,28H,2-4,6-7,13,15H2,1H3,(H,27,31)(H,29,30). The summed E-state index contributed by atoms with van der Waals surface area (Å²) in [6, 6.07) is 11.8. The number of nitrogens with one attached hydrogen (secondary N) is 2. The Morgan fingerprint density at radius 1 is 1.16 bits per heavy atom. The first-order valence-electron chi connectivity index (χ1n) is 11.2. The molecule has 1 unspecified atom stereocenters. The van der Waals surface area contributed by atoms with E-state index in [0.29, 0.717) is 11.5 Å². The molecule has 7 heteroatoms. The molecule has 0 radical (unpaired) electrons. The number of carboxylic acids is 1. The van der Waals surface area contributed by atoms with E-state index in [1.54, 1.807) is 12.1 Å². The molecule has 0 saturated heterocycles. The van der Waals surface area contributed by atoms with Gasteiger partial charge < -0.3 is 15.7 Å². The van der Waals surface area contributed by atoms with Gasteiger partial charge in [0.15, 0.2) is 0 Å². The molecule has 1 aliphatic rings. The van der Waals surface area contributed by atoms with Gasteiger partial charge in [-0.2, -0.15) is 0 Å². The maximum Gasteiger partial charge on any atom is 0.305 e. The van der Waals surface area contributed by atoms with Gasteiger partial charge in [0, 0.05) is 28.9 Å². The second kappa shape index (κ2) is 10.1. The Balaban J connectivity index is 1.54. The molecule has 1 aromatic carbocycles. The highest BCUT2D eigenvalue weighted by Gasteiger charge is 2.28. The molecule has 6 nitrogen and oxygen atoms in total. The zero-order valence-electron chi connectivity index (χ0n) is 18.3. The van der Waals surface area contributed by atoms with Gasteiger partial charge in [-0.15, -0.1) is 11.3 Å². The summed E-state index contributed by atoms with van der Waals surface area (Å²) in [5, 5.41) is 15.1. The first-order chi connectivity index (χ1) is 15.5. The number of nitrogens with zero attached hydrogens (tertiary/aromatic N) is 1. The summed E-state index contributed by atoms with van der Waals surface area (Å²) >= 11 is 1.83. The number of carbonyl (C=O) groups is 2. The molecule has 0 bridgehead atoms. The largest absolute Gasteiger partial charge is 0.481 e. The zero-order valence-corrected chi connectivity index (χ0v) is 19.1. The van der Waals surface area contributed by atoms with Crippen LogP contribution in [0.25, 0.3) is 10.2 Å². The molecule has 0 aliphatic heterocycles. The fourth-order valence-corrected chi connectivity index (χ4v) is 5.82. The van der Waals surface area contributed by atoms with Crippen molar-refractivity contribution in [3.63, 3.8) is 0 Å². The molecular formula is C25H29N3O3S. The van der Waals surface area contributed by atoms with Crippen LogP contribution in [0.15, 0.2) is 42.6 Å². The Kier molecular flexibility index (Phi) is 7.05. The minimum Gasteiger partial charge on any atom is -0.481 e. The predicted octanol–water partition coefficient (Wildman–Crippen LogP) is 5.54. The van der Waals surface area contributed by atoms with Gasteiger partial charge in [-0.05, 0) is 67.6 Å². The van der Waals surface area contributed by atoms with Crippen molar-refractivity contribution in [1.29, 1.82) is 0 Å². The second-order valence-electron chi connectivity index (χ2n) is 8.44. The normalized spacial score (nSPS) is 15.4. The SMILES string of the molecule is Cc1c(C(Nc2ccc(C(=O)NCCC(=O)O)cc2)C2CCCCC2)sc2cccnc12. The van der Waals surface area contributed by atoms with Gasteiger partial charge in [0.25, 0.3) is 5.91 Å². The maximum atomic E-state index is 12.2. The molecule has 4 rings (SSSR count). The predicted molar refractivity (Wildman–Crippen MR) is 128 cm³/mol. The highest BCUT2D eigenvalue weighted by molar-refractivity contribution is 7.19. The average Bonchev–Trinajstić information content (AvgIpc) is 3.14. The number of anilines is 1. The number of amides is 1. The molecule has 168 valence electrons. The molecule has 1 fully saturated rings. The van der Waals surface area contributed by atoms with Crippen molar-refractivity contribution in [2.75, 3.05) is 11.9 Å². The molecule has 1 saturated carbocycles. The van der Waals surface area contributed by atoms with E-state index >= 15 is 0 Å². The number of hydrogen-bond acceptors (Lipinski definition) is 5. The van der Waals surface area contributed by atoms with E-state index in [2.05, 4.69) is 28.6 Å². The minimum atomic E-state index is -0.926. The molecular weight excluding hydrogens is 422 g/mol. The molecule has 3 N–H and O–H groups in total. The van der Waals surface area contributed by atoms with E-state index in [4.69, 9.17) is 5.11 Å². The van der Waals surface area contributed by atoms with Crippen LogP contribution in [0.2, 0.25) is 0 Å². The Bertz CT molecular complexity index is 1090. The highest BCUT2D eigenvalue weighted by Crippen LogP contribution is 2.42. The molecule has 2 aromatic heterocycles. The summed E-state index contributed by atoms with van der Waals surface area (Å²) in [6.07, 6.45) is 8.03. The summed E-state index contributed by atoms with van der Waals surface area (Å²) in [5.74, 6) is -0.618. The van der Waals surface area contributed by atoms with Crippen molar-refractivity contribution in [2.24, 2.45) is 5.92 Å². The third-order valence-corrected chi connectivity index (χ3v) is 7.54. The van der Waals surface area contributed by atoms with Gasteiger partial charge in [-0.3, -0.25) is 14.6 Å².